The first-order valence-electron chi connectivity index (χ1n) is 8.60. The quantitative estimate of drug-likeness (QED) is 0.556. The second-order valence-corrected chi connectivity index (χ2v) is 7.18. The van der Waals surface area contributed by atoms with Gasteiger partial charge in [-0.3, -0.25) is 15.1 Å². The van der Waals surface area contributed by atoms with Gasteiger partial charge in [0.2, 0.25) is 5.82 Å². The Morgan fingerprint density at radius 1 is 1.11 bits per heavy atom. The van der Waals surface area contributed by atoms with E-state index in [1.165, 1.54) is 22.5 Å². The molecule has 0 bridgehead atoms. The largest absolute Gasteiger partial charge is 0.348 e. The molecule has 1 amide bonds. The molecule has 28 heavy (non-hydrogen) atoms. The molecule has 140 valence electrons. The molecule has 0 spiro atoms. The monoisotopic (exact) mass is 391 g/mol. The summed E-state index contributed by atoms with van der Waals surface area (Å²) in [6, 6.07) is 15.0. The number of carbonyl (C=O) groups is 1. The van der Waals surface area contributed by atoms with E-state index in [0.717, 1.165) is 15.9 Å². The summed E-state index contributed by atoms with van der Waals surface area (Å²) in [5.41, 5.74) is 4.26. The van der Waals surface area contributed by atoms with Crippen molar-refractivity contribution in [2.24, 2.45) is 0 Å². The topological polar surface area (TPSA) is 92.7 Å². The molecule has 2 heterocycles. The predicted octanol–water partition coefficient (Wildman–Crippen LogP) is 3.55. The molecule has 0 saturated carbocycles. The minimum Gasteiger partial charge on any atom is -0.295 e. The third-order valence-electron chi connectivity index (χ3n) is 4.36. The van der Waals surface area contributed by atoms with Crippen molar-refractivity contribution in [2.45, 2.75) is 13.8 Å². The minimum absolute atomic E-state index is 0.0724. The Bertz CT molecular complexity index is 1210. The molecule has 2 aromatic carbocycles. The highest BCUT2D eigenvalue weighted by molar-refractivity contribution is 7.14. The zero-order valence-electron chi connectivity index (χ0n) is 15.3. The number of nitrogens with zero attached hydrogens (tertiary/aromatic N) is 3. The first-order chi connectivity index (χ1) is 13.5. The van der Waals surface area contributed by atoms with Crippen molar-refractivity contribution in [2.75, 3.05) is 5.32 Å². The number of thiazole rings is 1. The van der Waals surface area contributed by atoms with E-state index in [4.69, 9.17) is 0 Å². The Kier molecular flexibility index (Phi) is 4.62. The number of anilines is 1. The number of nitrogens with one attached hydrogen (secondary N) is 2. The summed E-state index contributed by atoms with van der Waals surface area (Å²) in [5.74, 6) is -0.593. The van der Waals surface area contributed by atoms with Crippen LogP contribution in [0.2, 0.25) is 0 Å². The summed E-state index contributed by atoms with van der Waals surface area (Å²) in [6.45, 7) is 4.11. The number of aromatic amines is 1. The maximum absolute atomic E-state index is 12.5. The van der Waals surface area contributed by atoms with Gasteiger partial charge in [0.05, 0.1) is 11.4 Å². The van der Waals surface area contributed by atoms with Gasteiger partial charge in [0.25, 0.3) is 5.91 Å². The fourth-order valence-electron chi connectivity index (χ4n) is 2.69. The fourth-order valence-corrected chi connectivity index (χ4v) is 3.41. The SMILES string of the molecule is Cc1ccc(-c2csc(NC(=O)c3nn(-c4ccccc4)c(=O)[nH]3)n2)cc1C. The first-order valence-corrected chi connectivity index (χ1v) is 9.48. The lowest BCUT2D eigenvalue weighted by molar-refractivity contribution is 0.101. The van der Waals surface area contributed by atoms with Gasteiger partial charge in [-0.1, -0.05) is 30.3 Å². The van der Waals surface area contributed by atoms with E-state index < -0.39 is 11.6 Å². The Morgan fingerprint density at radius 3 is 2.64 bits per heavy atom. The standard InChI is InChI=1S/C20H17N5O2S/c1-12-8-9-14(10-13(12)2)16-11-28-19(21-16)23-18(26)17-22-20(27)25(24-17)15-6-4-3-5-7-15/h3-11H,1-2H3,(H,21,23,26)(H,22,24,27). The van der Waals surface area contributed by atoms with Crippen molar-refractivity contribution < 1.29 is 4.79 Å². The van der Waals surface area contributed by atoms with E-state index in [2.05, 4.69) is 33.4 Å². The normalized spacial score (nSPS) is 10.8. The molecule has 0 aliphatic rings. The summed E-state index contributed by atoms with van der Waals surface area (Å²) < 4.78 is 1.15. The van der Waals surface area contributed by atoms with Gasteiger partial charge >= 0.3 is 5.69 Å². The van der Waals surface area contributed by atoms with Gasteiger partial charge in [0, 0.05) is 10.9 Å². The molecule has 0 saturated heterocycles. The third kappa shape index (κ3) is 3.49. The lowest BCUT2D eigenvalue weighted by Gasteiger charge is -2.02. The molecular formula is C20H17N5O2S. The van der Waals surface area contributed by atoms with Crippen LogP contribution in [0.3, 0.4) is 0 Å². The van der Waals surface area contributed by atoms with Crippen molar-refractivity contribution in [3.63, 3.8) is 0 Å². The average Bonchev–Trinajstić information content (AvgIpc) is 3.31. The zero-order chi connectivity index (χ0) is 19.7. The number of H-pyrrole nitrogens is 1. The number of hydrogen-bond donors (Lipinski definition) is 2. The molecule has 0 unspecified atom stereocenters. The van der Waals surface area contributed by atoms with Crippen molar-refractivity contribution in [3.05, 3.63) is 81.3 Å². The Labute approximate surface area is 164 Å². The maximum atomic E-state index is 12.5. The van der Waals surface area contributed by atoms with Crippen LogP contribution in [0.25, 0.3) is 16.9 Å². The van der Waals surface area contributed by atoms with Crippen LogP contribution in [0.15, 0.2) is 58.7 Å². The van der Waals surface area contributed by atoms with Crippen molar-refractivity contribution in [1.29, 1.82) is 0 Å². The van der Waals surface area contributed by atoms with Crippen LogP contribution < -0.4 is 11.0 Å². The highest BCUT2D eigenvalue weighted by Crippen LogP contribution is 2.26. The van der Waals surface area contributed by atoms with Crippen molar-refractivity contribution in [1.82, 2.24) is 19.7 Å². The number of rotatable bonds is 4. The second-order valence-electron chi connectivity index (χ2n) is 6.32. The van der Waals surface area contributed by atoms with Gasteiger partial charge in [-0.15, -0.1) is 16.4 Å². The van der Waals surface area contributed by atoms with Gasteiger partial charge < -0.3 is 0 Å². The van der Waals surface area contributed by atoms with E-state index in [9.17, 15) is 9.59 Å². The summed E-state index contributed by atoms with van der Waals surface area (Å²) in [5, 5.41) is 9.08. The first kappa shape index (κ1) is 17.9. The summed E-state index contributed by atoms with van der Waals surface area (Å²) in [4.78, 5) is 31.5. The molecule has 2 aromatic heterocycles. The average molecular weight is 391 g/mol. The smallest absolute Gasteiger partial charge is 0.295 e. The Hall–Kier alpha value is -3.52. The van der Waals surface area contributed by atoms with Crippen molar-refractivity contribution >= 4 is 22.4 Å². The van der Waals surface area contributed by atoms with E-state index in [0.29, 0.717) is 10.8 Å². The van der Waals surface area contributed by atoms with Crippen LogP contribution in [0, 0.1) is 13.8 Å². The number of amides is 1. The van der Waals surface area contributed by atoms with E-state index >= 15 is 0 Å². The van der Waals surface area contributed by atoms with E-state index in [1.54, 1.807) is 24.3 Å². The third-order valence-corrected chi connectivity index (χ3v) is 5.12. The van der Waals surface area contributed by atoms with Crippen LogP contribution in [0.1, 0.15) is 21.7 Å². The van der Waals surface area contributed by atoms with Gasteiger partial charge in [0.1, 0.15) is 0 Å². The number of aryl methyl sites for hydroxylation is 2. The van der Waals surface area contributed by atoms with Gasteiger partial charge in [0.15, 0.2) is 5.13 Å². The molecule has 0 aliphatic heterocycles. The summed E-state index contributed by atoms with van der Waals surface area (Å²) in [7, 11) is 0. The molecule has 7 nitrogen and oxygen atoms in total. The second kappa shape index (κ2) is 7.24. The maximum Gasteiger partial charge on any atom is 0.348 e. The summed E-state index contributed by atoms with van der Waals surface area (Å²) >= 11 is 1.32. The minimum atomic E-state index is -0.521. The fraction of sp³-hybridized carbons (Fsp3) is 0.100. The van der Waals surface area contributed by atoms with Gasteiger partial charge in [-0.25, -0.2) is 9.78 Å². The molecular weight excluding hydrogens is 374 g/mol. The zero-order valence-corrected chi connectivity index (χ0v) is 16.1. The van der Waals surface area contributed by atoms with Crippen LogP contribution in [-0.4, -0.2) is 25.7 Å². The number of hydrogen-bond acceptors (Lipinski definition) is 5. The molecule has 4 rings (SSSR count). The van der Waals surface area contributed by atoms with Crippen LogP contribution in [0.5, 0.6) is 0 Å². The lowest BCUT2D eigenvalue weighted by atomic mass is 10.1. The Morgan fingerprint density at radius 2 is 1.89 bits per heavy atom. The highest BCUT2D eigenvalue weighted by Gasteiger charge is 2.16. The number of para-hydroxylation sites is 1. The molecule has 0 atom stereocenters. The van der Waals surface area contributed by atoms with Crippen LogP contribution in [-0.2, 0) is 0 Å². The molecule has 4 aromatic rings. The van der Waals surface area contributed by atoms with Crippen molar-refractivity contribution in [3.8, 4) is 16.9 Å². The van der Waals surface area contributed by atoms with Crippen LogP contribution in [0.4, 0.5) is 5.13 Å². The highest BCUT2D eigenvalue weighted by atomic mass is 32.1. The predicted molar refractivity (Wildman–Crippen MR) is 109 cm³/mol. The number of benzene rings is 2. The molecule has 0 aliphatic carbocycles. The molecule has 0 fully saturated rings. The van der Waals surface area contributed by atoms with E-state index in [1.807, 2.05) is 30.5 Å². The number of aromatic nitrogens is 4. The Balaban J connectivity index is 1.54. The molecule has 0 radical (unpaired) electrons. The number of carbonyl (C=O) groups excluding carboxylic acids is 1. The van der Waals surface area contributed by atoms with Gasteiger partial charge in [-0.05, 0) is 43.2 Å². The summed E-state index contributed by atoms with van der Waals surface area (Å²) in [6.07, 6.45) is 0. The van der Waals surface area contributed by atoms with E-state index in [-0.39, 0.29) is 5.82 Å². The molecule has 8 heteroatoms. The lowest BCUT2D eigenvalue weighted by Crippen LogP contribution is -2.15. The van der Waals surface area contributed by atoms with Crippen LogP contribution >= 0.6 is 11.3 Å². The van der Waals surface area contributed by atoms with Gasteiger partial charge in [-0.2, -0.15) is 4.68 Å². The molecule has 2 N–H and O–H groups in total.